The minimum atomic E-state index is -0.217. The summed E-state index contributed by atoms with van der Waals surface area (Å²) in [7, 11) is 0. The van der Waals surface area contributed by atoms with Crippen LogP contribution in [0.2, 0.25) is 5.02 Å². The summed E-state index contributed by atoms with van der Waals surface area (Å²) >= 11 is 8.50. The van der Waals surface area contributed by atoms with Gasteiger partial charge in [0.1, 0.15) is 0 Å². The second-order valence-corrected chi connectivity index (χ2v) is 7.70. The second kappa shape index (κ2) is 9.03. The van der Waals surface area contributed by atoms with Crippen LogP contribution in [-0.4, -0.2) is 27.8 Å². The van der Waals surface area contributed by atoms with Crippen molar-refractivity contribution in [3.8, 4) is 0 Å². The van der Waals surface area contributed by atoms with Gasteiger partial charge in [-0.3, -0.25) is 9.59 Å². The molecule has 2 N–H and O–H groups in total. The molecule has 3 aromatic rings. The zero-order chi connectivity index (χ0) is 19.2. The van der Waals surface area contributed by atoms with Gasteiger partial charge in [0.25, 0.3) is 11.1 Å². The maximum absolute atomic E-state index is 12.0. The number of halogens is 1. The van der Waals surface area contributed by atoms with Crippen LogP contribution in [0.15, 0.2) is 45.4 Å². The van der Waals surface area contributed by atoms with Crippen LogP contribution in [0, 0.1) is 6.92 Å². The van der Waals surface area contributed by atoms with E-state index < -0.39 is 0 Å². The average molecular weight is 423 g/mol. The molecule has 2 aromatic heterocycles. The molecule has 140 valence electrons. The summed E-state index contributed by atoms with van der Waals surface area (Å²) in [5.41, 5.74) is 1.56. The zero-order valence-electron chi connectivity index (χ0n) is 14.2. The fraction of sp³-hybridized carbons (Fsp3) is 0.176. The van der Waals surface area contributed by atoms with Crippen molar-refractivity contribution in [2.75, 3.05) is 11.1 Å². The van der Waals surface area contributed by atoms with Crippen LogP contribution in [-0.2, 0) is 11.3 Å². The van der Waals surface area contributed by atoms with Gasteiger partial charge in [-0.1, -0.05) is 35.5 Å². The van der Waals surface area contributed by atoms with Crippen molar-refractivity contribution in [2.45, 2.75) is 18.7 Å². The topological polar surface area (TPSA) is 97.1 Å². The number of aromatic nitrogens is 2. The van der Waals surface area contributed by atoms with Gasteiger partial charge in [0.05, 0.1) is 17.2 Å². The molecule has 2 amide bonds. The fourth-order valence-corrected chi connectivity index (χ4v) is 3.41. The van der Waals surface area contributed by atoms with Gasteiger partial charge >= 0.3 is 0 Å². The number of anilines is 1. The molecule has 1 aromatic carbocycles. The second-order valence-electron chi connectivity index (χ2n) is 5.42. The van der Waals surface area contributed by atoms with Crippen molar-refractivity contribution in [3.63, 3.8) is 0 Å². The number of hydrogen-bond acceptors (Lipinski definition) is 7. The monoisotopic (exact) mass is 422 g/mol. The van der Waals surface area contributed by atoms with E-state index in [1.807, 2.05) is 18.4 Å². The predicted octanol–water partition coefficient (Wildman–Crippen LogP) is 3.75. The van der Waals surface area contributed by atoms with E-state index in [-0.39, 0.29) is 35.2 Å². The lowest BCUT2D eigenvalue weighted by Crippen LogP contribution is -2.21. The first kappa shape index (κ1) is 19.4. The summed E-state index contributed by atoms with van der Waals surface area (Å²) in [4.78, 5) is 24.5. The van der Waals surface area contributed by atoms with Crippen LogP contribution in [0.25, 0.3) is 0 Å². The van der Waals surface area contributed by atoms with Gasteiger partial charge in [-0.2, -0.15) is 0 Å². The standard InChI is InChI=1S/C17H15ClN4O3S2/c1-10-4-5-11(7-12(10)18)20-14(23)9-27-17-22-21-15(25-17)8-19-16(24)13-3-2-6-26-13/h2-7H,8-9H2,1H3,(H,19,24)(H,20,23). The molecule has 0 aliphatic heterocycles. The number of hydrogen-bond donors (Lipinski definition) is 2. The quantitative estimate of drug-likeness (QED) is 0.563. The Morgan fingerprint density at radius 2 is 2.15 bits per heavy atom. The van der Waals surface area contributed by atoms with Crippen molar-refractivity contribution in [1.29, 1.82) is 0 Å². The number of nitrogens with one attached hydrogen (secondary N) is 2. The smallest absolute Gasteiger partial charge is 0.277 e. The summed E-state index contributed by atoms with van der Waals surface area (Å²) in [6.07, 6.45) is 0. The molecule has 0 aliphatic rings. The average Bonchev–Trinajstić information content (AvgIpc) is 3.33. The highest BCUT2D eigenvalue weighted by molar-refractivity contribution is 7.99. The molecule has 0 radical (unpaired) electrons. The normalized spacial score (nSPS) is 10.6. The Hall–Kier alpha value is -2.36. The predicted molar refractivity (Wildman–Crippen MR) is 105 cm³/mol. The largest absolute Gasteiger partial charge is 0.414 e. The molecule has 0 unspecified atom stereocenters. The molecular formula is C17H15ClN4O3S2. The van der Waals surface area contributed by atoms with Crippen molar-refractivity contribution in [1.82, 2.24) is 15.5 Å². The fourth-order valence-electron chi connectivity index (χ4n) is 2.01. The van der Waals surface area contributed by atoms with E-state index in [4.69, 9.17) is 16.0 Å². The Balaban J connectivity index is 1.45. The zero-order valence-corrected chi connectivity index (χ0v) is 16.6. The van der Waals surface area contributed by atoms with Gasteiger partial charge in [0.2, 0.25) is 11.8 Å². The highest BCUT2D eigenvalue weighted by Gasteiger charge is 2.12. The maximum Gasteiger partial charge on any atom is 0.277 e. The summed E-state index contributed by atoms with van der Waals surface area (Å²) in [6, 6.07) is 8.84. The summed E-state index contributed by atoms with van der Waals surface area (Å²) in [6.45, 7) is 2.01. The van der Waals surface area contributed by atoms with Crippen molar-refractivity contribution >= 4 is 52.2 Å². The molecule has 27 heavy (non-hydrogen) atoms. The Bertz CT molecular complexity index is 944. The third-order valence-corrected chi connectivity index (χ3v) is 5.47. The van der Waals surface area contributed by atoms with E-state index in [0.717, 1.165) is 17.3 Å². The number of rotatable bonds is 7. The molecule has 3 rings (SSSR count). The maximum atomic E-state index is 12.0. The third kappa shape index (κ3) is 5.56. The lowest BCUT2D eigenvalue weighted by atomic mass is 10.2. The molecule has 0 saturated heterocycles. The van der Waals surface area contributed by atoms with Crippen LogP contribution < -0.4 is 10.6 Å². The van der Waals surface area contributed by atoms with Gasteiger partial charge in [-0.15, -0.1) is 21.5 Å². The van der Waals surface area contributed by atoms with E-state index in [2.05, 4.69) is 20.8 Å². The minimum absolute atomic E-state index is 0.106. The van der Waals surface area contributed by atoms with Crippen molar-refractivity contribution in [3.05, 3.63) is 57.1 Å². The van der Waals surface area contributed by atoms with Crippen LogP contribution in [0.4, 0.5) is 5.69 Å². The van der Waals surface area contributed by atoms with E-state index in [9.17, 15) is 9.59 Å². The number of thioether (sulfide) groups is 1. The number of carbonyl (C=O) groups excluding carboxylic acids is 2. The Morgan fingerprint density at radius 1 is 1.30 bits per heavy atom. The lowest BCUT2D eigenvalue weighted by Gasteiger charge is -2.05. The minimum Gasteiger partial charge on any atom is -0.414 e. The summed E-state index contributed by atoms with van der Waals surface area (Å²) in [5.74, 6) is -0.0401. The van der Waals surface area contributed by atoms with Gasteiger partial charge in [-0.25, -0.2) is 0 Å². The highest BCUT2D eigenvalue weighted by atomic mass is 35.5. The molecule has 0 fully saturated rings. The van der Waals surface area contributed by atoms with Gasteiger partial charge in [0, 0.05) is 10.7 Å². The molecule has 0 aliphatic carbocycles. The van der Waals surface area contributed by atoms with Crippen molar-refractivity contribution in [2.24, 2.45) is 0 Å². The Labute approximate surface area is 168 Å². The lowest BCUT2D eigenvalue weighted by molar-refractivity contribution is -0.113. The molecule has 10 heteroatoms. The first-order valence-corrected chi connectivity index (χ1v) is 10.1. The SMILES string of the molecule is Cc1ccc(NC(=O)CSc2nnc(CNC(=O)c3cccs3)o2)cc1Cl. The number of carbonyl (C=O) groups is 2. The van der Waals surface area contributed by atoms with E-state index in [1.165, 1.54) is 11.3 Å². The van der Waals surface area contributed by atoms with Crippen LogP contribution in [0.3, 0.4) is 0 Å². The van der Waals surface area contributed by atoms with Gasteiger partial charge < -0.3 is 15.1 Å². The highest BCUT2D eigenvalue weighted by Crippen LogP contribution is 2.21. The Morgan fingerprint density at radius 3 is 2.89 bits per heavy atom. The summed E-state index contributed by atoms with van der Waals surface area (Å²) < 4.78 is 5.42. The third-order valence-electron chi connectivity index (χ3n) is 3.38. The van der Waals surface area contributed by atoms with Crippen LogP contribution >= 0.6 is 34.7 Å². The van der Waals surface area contributed by atoms with E-state index in [1.54, 1.807) is 24.3 Å². The molecular weight excluding hydrogens is 408 g/mol. The van der Waals surface area contributed by atoms with Gasteiger partial charge in [0.15, 0.2) is 0 Å². The molecule has 0 spiro atoms. The number of benzene rings is 1. The molecule has 2 heterocycles. The van der Waals surface area contributed by atoms with Gasteiger partial charge in [-0.05, 0) is 36.1 Å². The number of nitrogens with zero attached hydrogens (tertiary/aromatic N) is 2. The van der Waals surface area contributed by atoms with E-state index >= 15 is 0 Å². The molecule has 0 atom stereocenters. The first-order chi connectivity index (χ1) is 13.0. The molecule has 0 saturated carbocycles. The van der Waals surface area contributed by atoms with Crippen LogP contribution in [0.1, 0.15) is 21.1 Å². The van der Waals surface area contributed by atoms with E-state index in [0.29, 0.717) is 15.6 Å². The number of amides is 2. The number of thiophene rings is 1. The Kier molecular flexibility index (Phi) is 6.49. The summed E-state index contributed by atoms with van der Waals surface area (Å²) in [5, 5.41) is 15.8. The first-order valence-electron chi connectivity index (χ1n) is 7.84. The number of aryl methyl sites for hydroxylation is 1. The van der Waals surface area contributed by atoms with Crippen molar-refractivity contribution < 1.29 is 14.0 Å². The van der Waals surface area contributed by atoms with Crippen LogP contribution in [0.5, 0.6) is 0 Å². The molecule has 0 bridgehead atoms. The molecule has 7 nitrogen and oxygen atoms in total.